The number of fused-ring (bicyclic) bond motifs is 5. The van der Waals surface area contributed by atoms with Gasteiger partial charge in [-0.1, -0.05) is 18.2 Å². The quantitative estimate of drug-likeness (QED) is 0.532. The molecule has 0 saturated carbocycles. The van der Waals surface area contributed by atoms with E-state index in [-0.39, 0.29) is 32.4 Å². The minimum atomic E-state index is -0.980. The summed E-state index contributed by atoms with van der Waals surface area (Å²) < 4.78 is 27.5. The number of rotatable bonds is 6. The van der Waals surface area contributed by atoms with E-state index in [1.165, 1.54) is 14.2 Å². The highest BCUT2D eigenvalue weighted by Crippen LogP contribution is 2.54. The Morgan fingerprint density at radius 3 is 2.43 bits per heavy atom. The second-order valence-corrected chi connectivity index (χ2v) is 8.85. The fourth-order valence-electron chi connectivity index (χ4n) is 5.12. The minimum Gasteiger partial charge on any atom is -0.497 e. The number of nitrogens with zero attached hydrogens (tertiary/aromatic N) is 1. The highest BCUT2D eigenvalue weighted by Gasteiger charge is 2.57. The van der Waals surface area contributed by atoms with Gasteiger partial charge in [0.25, 0.3) is 0 Å². The molecule has 0 aromatic heterocycles. The first-order chi connectivity index (χ1) is 18.0. The monoisotopic (exact) mass is 503 g/mol. The summed E-state index contributed by atoms with van der Waals surface area (Å²) in [6, 6.07) is 16.0. The van der Waals surface area contributed by atoms with E-state index >= 15 is 0 Å². The number of hydrogen-bond acceptors (Lipinski definition) is 7. The summed E-state index contributed by atoms with van der Waals surface area (Å²) in [4.78, 5) is 28.3. The molecule has 3 aliphatic rings. The topological polar surface area (TPSA) is 108 Å². The van der Waals surface area contributed by atoms with Crippen molar-refractivity contribution < 1.29 is 33.3 Å². The lowest BCUT2D eigenvalue weighted by atomic mass is 9.77. The summed E-state index contributed by atoms with van der Waals surface area (Å²) in [5, 5.41) is 5.60. The summed E-state index contributed by atoms with van der Waals surface area (Å²) in [6.45, 7) is 0.839. The number of amides is 3. The van der Waals surface area contributed by atoms with E-state index in [4.69, 9.17) is 23.7 Å². The van der Waals surface area contributed by atoms with Crippen LogP contribution in [0.4, 0.5) is 16.2 Å². The molecule has 0 saturated heterocycles. The van der Waals surface area contributed by atoms with Crippen LogP contribution < -0.4 is 39.2 Å². The van der Waals surface area contributed by atoms with E-state index < -0.39 is 11.4 Å². The zero-order valence-corrected chi connectivity index (χ0v) is 20.3. The molecule has 6 rings (SSSR count). The Hall–Kier alpha value is -4.60. The van der Waals surface area contributed by atoms with E-state index in [9.17, 15) is 9.59 Å². The number of nitrogens with one attached hydrogen (secondary N) is 2. The second-order valence-electron chi connectivity index (χ2n) is 8.85. The van der Waals surface area contributed by atoms with E-state index in [1.807, 2.05) is 30.3 Å². The van der Waals surface area contributed by atoms with E-state index in [1.54, 1.807) is 29.2 Å². The van der Waals surface area contributed by atoms with Gasteiger partial charge >= 0.3 is 6.03 Å². The molecule has 1 atom stereocenters. The van der Waals surface area contributed by atoms with Crippen LogP contribution in [0.25, 0.3) is 0 Å². The van der Waals surface area contributed by atoms with Gasteiger partial charge < -0.3 is 39.2 Å². The molecule has 37 heavy (non-hydrogen) atoms. The van der Waals surface area contributed by atoms with Crippen LogP contribution in [0, 0.1) is 0 Å². The number of ether oxygens (including phenoxy) is 5. The smallest absolute Gasteiger partial charge is 0.319 e. The molecule has 0 radical (unpaired) electrons. The first-order valence-corrected chi connectivity index (χ1v) is 11.8. The number of carbonyl (C=O) groups is 2. The standard InChI is InChI=1S/C27H25N3O7/c1-33-17-9-16(10-18(11-17)34-2)29-26(32)28-7-8-30-21-6-4-3-5-19(21)27(25(30)31)14-35-22-13-24-23(12-20(22)27)36-15-37-24/h3-6,9-13H,7-8,14-15H2,1-2H3,(H2,28,29,32). The first kappa shape index (κ1) is 22.8. The van der Waals surface area contributed by atoms with Crippen LogP contribution in [0.1, 0.15) is 11.1 Å². The maximum atomic E-state index is 14.0. The molecule has 3 aliphatic heterocycles. The van der Waals surface area contributed by atoms with Crippen molar-refractivity contribution in [2.45, 2.75) is 5.41 Å². The van der Waals surface area contributed by atoms with Crippen LogP contribution >= 0.6 is 0 Å². The van der Waals surface area contributed by atoms with Gasteiger partial charge in [0.1, 0.15) is 29.3 Å². The highest BCUT2D eigenvalue weighted by molar-refractivity contribution is 6.11. The van der Waals surface area contributed by atoms with Gasteiger partial charge in [0.15, 0.2) is 11.5 Å². The summed E-state index contributed by atoms with van der Waals surface area (Å²) in [5.74, 6) is 2.82. The van der Waals surface area contributed by atoms with Crippen molar-refractivity contribution in [3.05, 3.63) is 65.7 Å². The van der Waals surface area contributed by atoms with Crippen LogP contribution in [-0.2, 0) is 10.2 Å². The largest absolute Gasteiger partial charge is 0.497 e. The fourth-order valence-corrected chi connectivity index (χ4v) is 5.12. The molecule has 2 N–H and O–H groups in total. The van der Waals surface area contributed by atoms with Crippen LogP contribution in [0.3, 0.4) is 0 Å². The van der Waals surface area contributed by atoms with Gasteiger partial charge in [-0.15, -0.1) is 0 Å². The number of para-hydroxylation sites is 1. The highest BCUT2D eigenvalue weighted by atomic mass is 16.7. The van der Waals surface area contributed by atoms with Gasteiger partial charge in [-0.3, -0.25) is 4.79 Å². The molecule has 3 aromatic carbocycles. The summed E-state index contributed by atoms with van der Waals surface area (Å²) in [5.41, 5.74) is 1.96. The first-order valence-electron chi connectivity index (χ1n) is 11.8. The van der Waals surface area contributed by atoms with Crippen molar-refractivity contribution in [3.8, 4) is 28.7 Å². The predicted molar refractivity (Wildman–Crippen MR) is 134 cm³/mol. The maximum absolute atomic E-state index is 14.0. The van der Waals surface area contributed by atoms with Gasteiger partial charge in [0.05, 0.1) is 14.2 Å². The maximum Gasteiger partial charge on any atom is 0.319 e. The third-order valence-electron chi connectivity index (χ3n) is 6.87. The Bertz CT molecular complexity index is 1390. The third kappa shape index (κ3) is 3.64. The summed E-state index contributed by atoms with van der Waals surface area (Å²) in [7, 11) is 3.08. The van der Waals surface area contributed by atoms with E-state index in [0.717, 1.165) is 16.8 Å². The fraction of sp³-hybridized carbons (Fsp3) is 0.259. The molecule has 1 spiro atoms. The SMILES string of the molecule is COc1cc(NC(=O)NCCN2C(=O)C3(COc4cc5c(cc43)OCO5)c3ccccc32)cc(OC)c1. The Balaban J connectivity index is 1.20. The lowest BCUT2D eigenvalue weighted by Crippen LogP contribution is -2.45. The molecule has 0 fully saturated rings. The van der Waals surface area contributed by atoms with Gasteiger partial charge in [-0.25, -0.2) is 4.79 Å². The number of carbonyl (C=O) groups excluding carboxylic acids is 2. The number of anilines is 2. The molecule has 0 bridgehead atoms. The zero-order chi connectivity index (χ0) is 25.6. The van der Waals surface area contributed by atoms with Crippen molar-refractivity contribution in [2.24, 2.45) is 0 Å². The van der Waals surface area contributed by atoms with Crippen LogP contribution in [0.5, 0.6) is 28.7 Å². The van der Waals surface area contributed by atoms with Crippen molar-refractivity contribution in [1.29, 1.82) is 0 Å². The van der Waals surface area contributed by atoms with Crippen LogP contribution in [-0.4, -0.2) is 52.6 Å². The molecule has 3 aromatic rings. The molecule has 190 valence electrons. The Kier molecular flexibility index (Phi) is 5.44. The number of hydrogen-bond donors (Lipinski definition) is 2. The zero-order valence-electron chi connectivity index (χ0n) is 20.3. The van der Waals surface area contributed by atoms with Gasteiger partial charge in [-0.2, -0.15) is 0 Å². The molecule has 3 heterocycles. The van der Waals surface area contributed by atoms with Crippen molar-refractivity contribution in [3.63, 3.8) is 0 Å². The number of benzene rings is 3. The minimum absolute atomic E-state index is 0.106. The molecule has 0 aliphatic carbocycles. The van der Waals surface area contributed by atoms with Crippen molar-refractivity contribution >= 4 is 23.3 Å². The molecular formula is C27H25N3O7. The number of methoxy groups -OCH3 is 2. The van der Waals surface area contributed by atoms with Crippen molar-refractivity contribution in [2.75, 3.05) is 50.9 Å². The summed E-state index contributed by atoms with van der Waals surface area (Å²) in [6.07, 6.45) is 0. The molecule has 3 amide bonds. The molecule has 10 heteroatoms. The van der Waals surface area contributed by atoms with Crippen molar-refractivity contribution in [1.82, 2.24) is 5.32 Å². The molecule has 1 unspecified atom stereocenters. The van der Waals surface area contributed by atoms with Crippen LogP contribution in [0.2, 0.25) is 0 Å². The second kappa shape index (κ2) is 8.81. The Morgan fingerprint density at radius 2 is 1.68 bits per heavy atom. The number of urea groups is 1. The van der Waals surface area contributed by atoms with E-state index in [0.29, 0.717) is 34.4 Å². The lowest BCUT2D eigenvalue weighted by Gasteiger charge is -2.23. The lowest BCUT2D eigenvalue weighted by molar-refractivity contribution is -0.122. The average molecular weight is 504 g/mol. The average Bonchev–Trinajstić information content (AvgIpc) is 3.59. The van der Waals surface area contributed by atoms with Gasteiger partial charge in [-0.05, 0) is 17.7 Å². The normalized spacial score (nSPS) is 18.3. The third-order valence-corrected chi connectivity index (χ3v) is 6.87. The Labute approximate surface area is 213 Å². The Morgan fingerprint density at radius 1 is 0.946 bits per heavy atom. The predicted octanol–water partition coefficient (Wildman–Crippen LogP) is 3.28. The van der Waals surface area contributed by atoms with Crippen LogP contribution in [0.15, 0.2) is 54.6 Å². The molecule has 10 nitrogen and oxygen atoms in total. The van der Waals surface area contributed by atoms with Gasteiger partial charge in [0, 0.05) is 54.3 Å². The summed E-state index contributed by atoms with van der Waals surface area (Å²) >= 11 is 0. The van der Waals surface area contributed by atoms with E-state index in [2.05, 4.69) is 10.6 Å². The molecular weight excluding hydrogens is 478 g/mol. The van der Waals surface area contributed by atoms with Gasteiger partial charge in [0.2, 0.25) is 12.7 Å².